The highest BCUT2D eigenvalue weighted by Gasteiger charge is 2.24. The number of hydrogen-bond donors (Lipinski definition) is 1. The van der Waals surface area contributed by atoms with Gasteiger partial charge in [0.25, 0.3) is 0 Å². The second-order valence-corrected chi connectivity index (χ2v) is 5.15. The molecule has 0 spiro atoms. The first-order valence-corrected chi connectivity index (χ1v) is 6.92. The fraction of sp³-hybridized carbons (Fsp3) is 0.600. The van der Waals surface area contributed by atoms with E-state index in [9.17, 15) is 0 Å². The summed E-state index contributed by atoms with van der Waals surface area (Å²) in [5, 5.41) is 3.36. The average molecular weight is 247 g/mol. The highest BCUT2D eigenvalue weighted by atomic mass is 16.5. The van der Waals surface area contributed by atoms with E-state index in [2.05, 4.69) is 23.5 Å². The molecule has 3 heteroatoms. The van der Waals surface area contributed by atoms with Crippen LogP contribution in [0.15, 0.2) is 18.2 Å². The van der Waals surface area contributed by atoms with Gasteiger partial charge in [0.1, 0.15) is 12.4 Å². The Morgan fingerprint density at radius 2 is 2.33 bits per heavy atom. The molecule has 0 radical (unpaired) electrons. The van der Waals surface area contributed by atoms with Gasteiger partial charge < -0.3 is 14.8 Å². The molecule has 18 heavy (non-hydrogen) atoms. The molecule has 0 amide bonds. The largest absolute Gasteiger partial charge is 0.491 e. The summed E-state index contributed by atoms with van der Waals surface area (Å²) in [6, 6.07) is 6.89. The van der Waals surface area contributed by atoms with E-state index in [1.165, 1.54) is 24.0 Å². The molecule has 98 valence electrons. The van der Waals surface area contributed by atoms with Crippen LogP contribution in [-0.4, -0.2) is 26.4 Å². The summed E-state index contributed by atoms with van der Waals surface area (Å²) < 4.78 is 11.6. The summed E-state index contributed by atoms with van der Waals surface area (Å²) >= 11 is 0. The van der Waals surface area contributed by atoms with Crippen LogP contribution in [0.1, 0.15) is 36.4 Å². The summed E-state index contributed by atoms with van der Waals surface area (Å²) in [5.41, 5.74) is 2.79. The van der Waals surface area contributed by atoms with Crippen molar-refractivity contribution in [3.05, 3.63) is 29.3 Å². The van der Waals surface area contributed by atoms with Crippen LogP contribution in [0, 0.1) is 0 Å². The van der Waals surface area contributed by atoms with Gasteiger partial charge in [0, 0.05) is 12.6 Å². The lowest BCUT2D eigenvalue weighted by molar-refractivity contribution is 0.0676. The number of ether oxygens (including phenoxy) is 2. The second-order valence-electron chi connectivity index (χ2n) is 5.15. The van der Waals surface area contributed by atoms with E-state index in [0.717, 1.165) is 25.2 Å². The van der Waals surface area contributed by atoms with Crippen LogP contribution in [0.5, 0.6) is 5.75 Å². The molecule has 1 fully saturated rings. The fourth-order valence-corrected chi connectivity index (χ4v) is 3.01. The zero-order valence-electron chi connectivity index (χ0n) is 10.9. The standard InChI is InChI=1S/C15H21NO2/c1-16-14-8-7-13-12(14)5-2-6-15(13)18-10-11-4-3-9-17-11/h2,5-6,11,14,16H,3-4,7-10H2,1H3. The molecule has 1 heterocycles. The van der Waals surface area contributed by atoms with E-state index in [-0.39, 0.29) is 0 Å². The number of hydrogen-bond acceptors (Lipinski definition) is 3. The summed E-state index contributed by atoms with van der Waals surface area (Å²) in [6.45, 7) is 1.59. The summed E-state index contributed by atoms with van der Waals surface area (Å²) in [5.74, 6) is 1.06. The minimum absolute atomic E-state index is 0.294. The maximum absolute atomic E-state index is 5.97. The molecule has 2 atom stereocenters. The quantitative estimate of drug-likeness (QED) is 0.886. The number of nitrogens with one attached hydrogen (secondary N) is 1. The molecule has 0 saturated carbocycles. The van der Waals surface area contributed by atoms with Gasteiger partial charge in [0.15, 0.2) is 0 Å². The Hall–Kier alpha value is -1.06. The first kappa shape index (κ1) is 12.0. The highest BCUT2D eigenvalue weighted by molar-refractivity contribution is 5.45. The van der Waals surface area contributed by atoms with Crippen molar-refractivity contribution in [2.75, 3.05) is 20.3 Å². The normalized spacial score (nSPS) is 26.3. The third-order valence-electron chi connectivity index (χ3n) is 4.02. The molecular weight excluding hydrogens is 226 g/mol. The number of benzene rings is 1. The van der Waals surface area contributed by atoms with Crippen LogP contribution in [0.2, 0.25) is 0 Å². The average Bonchev–Trinajstić information content (AvgIpc) is 3.05. The molecule has 0 bridgehead atoms. The van der Waals surface area contributed by atoms with Crippen LogP contribution in [0.3, 0.4) is 0 Å². The lowest BCUT2D eigenvalue weighted by atomic mass is 10.1. The van der Waals surface area contributed by atoms with Crippen LogP contribution in [0.4, 0.5) is 0 Å². The molecule has 0 aromatic heterocycles. The molecule has 1 N–H and O–H groups in total. The van der Waals surface area contributed by atoms with Crippen molar-refractivity contribution in [2.45, 2.75) is 37.8 Å². The van der Waals surface area contributed by atoms with Gasteiger partial charge in [-0.05, 0) is 49.9 Å². The highest BCUT2D eigenvalue weighted by Crippen LogP contribution is 2.36. The van der Waals surface area contributed by atoms with Crippen molar-refractivity contribution in [3.8, 4) is 5.75 Å². The SMILES string of the molecule is CNC1CCc2c(OCC3CCCO3)cccc21. The first-order chi connectivity index (χ1) is 8.88. The summed E-state index contributed by atoms with van der Waals surface area (Å²) in [6.07, 6.45) is 4.88. The van der Waals surface area contributed by atoms with Crippen molar-refractivity contribution in [1.82, 2.24) is 5.32 Å². The smallest absolute Gasteiger partial charge is 0.122 e. The maximum Gasteiger partial charge on any atom is 0.122 e. The van der Waals surface area contributed by atoms with E-state index < -0.39 is 0 Å². The van der Waals surface area contributed by atoms with Crippen LogP contribution >= 0.6 is 0 Å². The van der Waals surface area contributed by atoms with E-state index in [0.29, 0.717) is 18.8 Å². The minimum atomic E-state index is 0.294. The molecule has 1 aliphatic heterocycles. The molecule has 1 aromatic rings. The topological polar surface area (TPSA) is 30.5 Å². The summed E-state index contributed by atoms with van der Waals surface area (Å²) in [7, 11) is 2.03. The van der Waals surface area contributed by atoms with Crippen molar-refractivity contribution in [2.24, 2.45) is 0 Å². The zero-order valence-corrected chi connectivity index (χ0v) is 10.9. The number of fused-ring (bicyclic) bond motifs is 1. The Bertz CT molecular complexity index is 413. The van der Waals surface area contributed by atoms with Crippen LogP contribution in [-0.2, 0) is 11.2 Å². The maximum atomic E-state index is 5.97. The van der Waals surface area contributed by atoms with Gasteiger partial charge >= 0.3 is 0 Å². The van der Waals surface area contributed by atoms with Gasteiger partial charge in [-0.3, -0.25) is 0 Å². The number of rotatable bonds is 4. The zero-order chi connectivity index (χ0) is 12.4. The van der Waals surface area contributed by atoms with Gasteiger partial charge in [-0.25, -0.2) is 0 Å². The van der Waals surface area contributed by atoms with E-state index in [1.54, 1.807) is 0 Å². The molecule has 1 saturated heterocycles. The Labute approximate surface area is 108 Å². The monoisotopic (exact) mass is 247 g/mol. The molecule has 1 aromatic carbocycles. The van der Waals surface area contributed by atoms with E-state index in [4.69, 9.17) is 9.47 Å². The Kier molecular flexibility index (Phi) is 3.52. The van der Waals surface area contributed by atoms with Crippen molar-refractivity contribution in [1.29, 1.82) is 0 Å². The van der Waals surface area contributed by atoms with E-state index >= 15 is 0 Å². The van der Waals surface area contributed by atoms with Gasteiger partial charge in [-0.1, -0.05) is 12.1 Å². The predicted octanol–water partition coefficient (Wildman–Crippen LogP) is 2.45. The third-order valence-corrected chi connectivity index (χ3v) is 4.02. The van der Waals surface area contributed by atoms with Crippen LogP contribution in [0.25, 0.3) is 0 Å². The lowest BCUT2D eigenvalue weighted by Crippen LogP contribution is -2.17. The molecule has 2 aliphatic rings. The fourth-order valence-electron chi connectivity index (χ4n) is 3.01. The van der Waals surface area contributed by atoms with Crippen molar-refractivity contribution >= 4 is 0 Å². The second kappa shape index (κ2) is 5.29. The van der Waals surface area contributed by atoms with Gasteiger partial charge in [-0.2, -0.15) is 0 Å². The third kappa shape index (κ3) is 2.25. The molecule has 3 nitrogen and oxygen atoms in total. The molecular formula is C15H21NO2. The predicted molar refractivity (Wildman–Crippen MR) is 71.0 cm³/mol. The molecule has 2 unspecified atom stereocenters. The first-order valence-electron chi connectivity index (χ1n) is 6.92. The van der Waals surface area contributed by atoms with Gasteiger partial charge in [-0.15, -0.1) is 0 Å². The molecule has 1 aliphatic carbocycles. The van der Waals surface area contributed by atoms with E-state index in [1.807, 2.05) is 7.05 Å². The minimum Gasteiger partial charge on any atom is -0.491 e. The van der Waals surface area contributed by atoms with Crippen molar-refractivity contribution < 1.29 is 9.47 Å². The van der Waals surface area contributed by atoms with Gasteiger partial charge in [0.05, 0.1) is 6.10 Å². The molecule has 3 rings (SSSR count). The van der Waals surface area contributed by atoms with Crippen molar-refractivity contribution in [3.63, 3.8) is 0 Å². The Balaban J connectivity index is 1.71. The Morgan fingerprint density at radius 1 is 1.39 bits per heavy atom. The van der Waals surface area contributed by atoms with Crippen LogP contribution < -0.4 is 10.1 Å². The van der Waals surface area contributed by atoms with Gasteiger partial charge in [0.2, 0.25) is 0 Å². The Morgan fingerprint density at radius 3 is 3.11 bits per heavy atom. The summed E-state index contributed by atoms with van der Waals surface area (Å²) in [4.78, 5) is 0. The lowest BCUT2D eigenvalue weighted by Gasteiger charge is -2.15.